The summed E-state index contributed by atoms with van der Waals surface area (Å²) in [6.45, 7) is 11.0. The maximum Gasteiger partial charge on any atom is 0.287 e. The minimum absolute atomic E-state index is 0.214. The molecular formula is C30H30ClNO3. The number of hydrogen-bond acceptors (Lipinski definition) is 3. The Bertz CT molecular complexity index is 1340. The summed E-state index contributed by atoms with van der Waals surface area (Å²) in [5, 5.41) is 3.43. The number of ether oxygens (including phenoxy) is 1. The lowest BCUT2D eigenvalue weighted by atomic mass is 9.88. The lowest BCUT2D eigenvalue weighted by molar-refractivity contribution is 0.0921. The van der Waals surface area contributed by atoms with Gasteiger partial charge in [0.05, 0.1) is 0 Å². The Morgan fingerprint density at radius 2 is 1.46 bits per heavy atom. The molecule has 0 aliphatic rings. The summed E-state index contributed by atoms with van der Waals surface area (Å²) < 4.78 is 11.9. The molecule has 0 bridgehead atoms. The average molecular weight is 488 g/mol. The Labute approximate surface area is 211 Å². The van der Waals surface area contributed by atoms with Crippen LogP contribution in [0.2, 0.25) is 5.02 Å². The quantitative estimate of drug-likeness (QED) is 0.289. The molecule has 0 radical (unpaired) electrons. The van der Waals surface area contributed by atoms with Crippen molar-refractivity contribution >= 4 is 17.5 Å². The first kappa shape index (κ1) is 24.6. The van der Waals surface area contributed by atoms with Gasteiger partial charge in [-0.25, -0.2) is 0 Å². The molecule has 0 atom stereocenters. The van der Waals surface area contributed by atoms with Crippen molar-refractivity contribution in [3.63, 3.8) is 0 Å². The van der Waals surface area contributed by atoms with Crippen molar-refractivity contribution in [2.24, 2.45) is 0 Å². The summed E-state index contributed by atoms with van der Waals surface area (Å²) in [6.07, 6.45) is 0.645. The van der Waals surface area contributed by atoms with Crippen LogP contribution in [-0.2, 0) is 13.0 Å². The van der Waals surface area contributed by atoms with E-state index < -0.39 is 0 Å². The van der Waals surface area contributed by atoms with Gasteiger partial charge in [0.2, 0.25) is 0 Å². The van der Waals surface area contributed by atoms with E-state index in [0.717, 1.165) is 5.76 Å². The standard InChI is InChI=1S/C30H30ClNO3/c1-18-19(2)21(4)25(22(5)20(18)3)16-24-14-15-29(35-24)30(33)32-17-26-27(31)12-9-13-28(26)34-23-10-7-6-8-11-23/h6-15H,16-17H2,1-5H3,(H,32,33). The number of nitrogens with one attached hydrogen (secondary N) is 1. The van der Waals surface area contributed by atoms with Gasteiger partial charge in [-0.15, -0.1) is 0 Å². The van der Waals surface area contributed by atoms with Crippen LogP contribution < -0.4 is 10.1 Å². The first-order chi connectivity index (χ1) is 16.8. The van der Waals surface area contributed by atoms with Crippen LogP contribution in [0.5, 0.6) is 11.5 Å². The summed E-state index contributed by atoms with van der Waals surface area (Å²) in [5.74, 6) is 2.03. The van der Waals surface area contributed by atoms with Gasteiger partial charge in [0.1, 0.15) is 17.3 Å². The predicted molar refractivity (Wildman–Crippen MR) is 141 cm³/mol. The fourth-order valence-corrected chi connectivity index (χ4v) is 4.52. The van der Waals surface area contributed by atoms with Gasteiger partial charge in [-0.3, -0.25) is 4.79 Å². The highest BCUT2D eigenvalue weighted by Gasteiger charge is 2.17. The van der Waals surface area contributed by atoms with Gasteiger partial charge in [0.25, 0.3) is 5.91 Å². The minimum Gasteiger partial charge on any atom is -0.457 e. The molecule has 35 heavy (non-hydrogen) atoms. The van der Waals surface area contributed by atoms with Gasteiger partial charge in [-0.2, -0.15) is 0 Å². The molecular weight excluding hydrogens is 458 g/mol. The first-order valence-corrected chi connectivity index (χ1v) is 12.1. The molecule has 0 aliphatic carbocycles. The van der Waals surface area contributed by atoms with Crippen LogP contribution in [0.4, 0.5) is 0 Å². The van der Waals surface area contributed by atoms with Crippen LogP contribution in [0.15, 0.2) is 65.1 Å². The number of furan rings is 1. The third-order valence-electron chi connectivity index (χ3n) is 6.86. The molecule has 180 valence electrons. The van der Waals surface area contributed by atoms with Crippen LogP contribution in [-0.4, -0.2) is 5.91 Å². The molecule has 5 heteroatoms. The fraction of sp³-hybridized carbons (Fsp3) is 0.233. The average Bonchev–Trinajstić information content (AvgIpc) is 3.33. The molecule has 0 spiro atoms. The lowest BCUT2D eigenvalue weighted by Gasteiger charge is -2.18. The van der Waals surface area contributed by atoms with E-state index in [1.54, 1.807) is 12.1 Å². The van der Waals surface area contributed by atoms with Gasteiger partial charge >= 0.3 is 0 Å². The molecule has 4 rings (SSSR count). The van der Waals surface area contributed by atoms with E-state index in [1.165, 1.54) is 33.4 Å². The van der Waals surface area contributed by atoms with Crippen molar-refractivity contribution in [3.8, 4) is 11.5 Å². The highest BCUT2D eigenvalue weighted by Crippen LogP contribution is 2.31. The number of carbonyl (C=O) groups excluding carboxylic acids is 1. The molecule has 4 nitrogen and oxygen atoms in total. The monoisotopic (exact) mass is 487 g/mol. The second kappa shape index (κ2) is 10.4. The highest BCUT2D eigenvalue weighted by atomic mass is 35.5. The molecule has 0 saturated heterocycles. The van der Waals surface area contributed by atoms with Crippen LogP contribution in [0, 0.1) is 34.6 Å². The molecule has 0 aliphatic heterocycles. The van der Waals surface area contributed by atoms with Gasteiger partial charge in [0.15, 0.2) is 5.76 Å². The predicted octanol–water partition coefficient (Wildman–Crippen LogP) is 7.79. The second-order valence-corrected chi connectivity index (χ2v) is 9.27. The zero-order chi connectivity index (χ0) is 25.1. The summed E-state index contributed by atoms with van der Waals surface area (Å²) in [6, 6.07) is 18.5. The maximum atomic E-state index is 12.9. The number of carbonyl (C=O) groups is 1. The fourth-order valence-electron chi connectivity index (χ4n) is 4.29. The molecule has 4 aromatic rings. The van der Waals surface area contributed by atoms with E-state index in [0.29, 0.717) is 28.5 Å². The van der Waals surface area contributed by atoms with Crippen LogP contribution in [0.25, 0.3) is 0 Å². The summed E-state index contributed by atoms with van der Waals surface area (Å²) in [4.78, 5) is 12.9. The van der Waals surface area contributed by atoms with Gasteiger partial charge in [-0.05, 0) is 104 Å². The van der Waals surface area contributed by atoms with Crippen LogP contribution in [0.1, 0.15) is 55.3 Å². The number of rotatable bonds is 7. The second-order valence-electron chi connectivity index (χ2n) is 8.86. The van der Waals surface area contributed by atoms with Crippen molar-refractivity contribution < 1.29 is 13.9 Å². The number of hydrogen-bond donors (Lipinski definition) is 1. The van der Waals surface area contributed by atoms with Crippen molar-refractivity contribution in [1.29, 1.82) is 0 Å². The third kappa shape index (κ3) is 5.28. The van der Waals surface area contributed by atoms with Crippen molar-refractivity contribution in [2.75, 3.05) is 0 Å². The highest BCUT2D eigenvalue weighted by molar-refractivity contribution is 6.31. The molecule has 1 amide bonds. The SMILES string of the molecule is Cc1c(C)c(C)c(Cc2ccc(C(=O)NCc3c(Cl)cccc3Oc3ccccc3)o2)c(C)c1C. The number of halogens is 1. The zero-order valence-electron chi connectivity index (χ0n) is 20.8. The molecule has 0 saturated carbocycles. The topological polar surface area (TPSA) is 51.5 Å². The number of para-hydroxylation sites is 1. The Balaban J connectivity index is 1.48. The molecule has 1 aromatic heterocycles. The summed E-state index contributed by atoms with van der Waals surface area (Å²) in [5.41, 5.74) is 8.45. The van der Waals surface area contributed by atoms with E-state index in [9.17, 15) is 4.79 Å². The van der Waals surface area contributed by atoms with E-state index >= 15 is 0 Å². The van der Waals surface area contributed by atoms with Crippen LogP contribution in [0.3, 0.4) is 0 Å². The van der Waals surface area contributed by atoms with Gasteiger partial charge in [-0.1, -0.05) is 35.9 Å². The van der Waals surface area contributed by atoms with Gasteiger partial charge < -0.3 is 14.5 Å². The summed E-state index contributed by atoms with van der Waals surface area (Å²) in [7, 11) is 0. The number of amides is 1. The lowest BCUT2D eigenvalue weighted by Crippen LogP contribution is -2.22. The van der Waals surface area contributed by atoms with Crippen molar-refractivity contribution in [3.05, 3.63) is 116 Å². The van der Waals surface area contributed by atoms with E-state index in [4.69, 9.17) is 20.8 Å². The molecule has 3 aromatic carbocycles. The minimum atomic E-state index is -0.299. The zero-order valence-corrected chi connectivity index (χ0v) is 21.5. The number of benzene rings is 3. The van der Waals surface area contributed by atoms with E-state index in [1.807, 2.05) is 48.5 Å². The van der Waals surface area contributed by atoms with Crippen LogP contribution >= 0.6 is 11.6 Å². The van der Waals surface area contributed by atoms with E-state index in [2.05, 4.69) is 39.9 Å². The third-order valence-corrected chi connectivity index (χ3v) is 7.22. The Hall–Kier alpha value is -3.50. The van der Waals surface area contributed by atoms with Crippen molar-refractivity contribution in [1.82, 2.24) is 5.32 Å². The maximum absolute atomic E-state index is 12.9. The normalized spacial score (nSPS) is 10.9. The molecule has 0 fully saturated rings. The molecule has 1 N–H and O–H groups in total. The first-order valence-electron chi connectivity index (χ1n) is 11.7. The Kier molecular flexibility index (Phi) is 7.32. The van der Waals surface area contributed by atoms with Crippen molar-refractivity contribution in [2.45, 2.75) is 47.6 Å². The smallest absolute Gasteiger partial charge is 0.287 e. The van der Waals surface area contributed by atoms with E-state index in [-0.39, 0.29) is 18.2 Å². The largest absolute Gasteiger partial charge is 0.457 e. The molecule has 0 unspecified atom stereocenters. The molecule has 1 heterocycles. The van der Waals surface area contributed by atoms with Gasteiger partial charge in [0, 0.05) is 23.6 Å². The Morgan fingerprint density at radius 3 is 2.14 bits per heavy atom. The summed E-state index contributed by atoms with van der Waals surface area (Å²) >= 11 is 6.43. The Morgan fingerprint density at radius 1 is 0.800 bits per heavy atom.